The lowest BCUT2D eigenvalue weighted by molar-refractivity contribution is 0.295. The smallest absolute Gasteiger partial charge is 0.240 e. The summed E-state index contributed by atoms with van der Waals surface area (Å²) in [5.74, 6) is 0.0151. The number of hydrogen-bond donors (Lipinski definition) is 1. The second-order valence-corrected chi connectivity index (χ2v) is 9.29. The maximum Gasteiger partial charge on any atom is 0.240 e. The Morgan fingerprint density at radius 3 is 2.73 bits per heavy atom. The molecule has 0 saturated heterocycles. The molecule has 0 bridgehead atoms. The van der Waals surface area contributed by atoms with Crippen LogP contribution in [0.3, 0.4) is 0 Å². The largest absolute Gasteiger partial charge is 0.301 e. The monoisotopic (exact) mass is 412 g/mol. The van der Waals surface area contributed by atoms with Crippen LogP contribution >= 0.6 is 23.2 Å². The van der Waals surface area contributed by atoms with Crippen LogP contribution in [0.5, 0.6) is 0 Å². The van der Waals surface area contributed by atoms with Crippen LogP contribution in [0.25, 0.3) is 0 Å². The molecule has 140 valence electrons. The number of likely N-dealkylation sites (N-methyl/N-ethyl adjacent to an activating group) is 1. The Hall–Kier alpha value is -1.11. The molecule has 4 nitrogen and oxygen atoms in total. The maximum absolute atomic E-state index is 12.5. The Morgan fingerprint density at radius 1 is 1.23 bits per heavy atom. The summed E-state index contributed by atoms with van der Waals surface area (Å²) in [5, 5.41) is 1.24. The Labute approximate surface area is 165 Å². The molecular weight excluding hydrogens is 391 g/mol. The summed E-state index contributed by atoms with van der Waals surface area (Å²) in [4.78, 5) is 2.47. The van der Waals surface area contributed by atoms with Crippen molar-refractivity contribution in [3.05, 3.63) is 63.1 Å². The highest BCUT2D eigenvalue weighted by Crippen LogP contribution is 2.38. The van der Waals surface area contributed by atoms with Crippen LogP contribution in [0.2, 0.25) is 10.0 Å². The van der Waals surface area contributed by atoms with Crippen LogP contribution < -0.4 is 4.72 Å². The third-order valence-corrected chi connectivity index (χ3v) is 6.62. The molecule has 0 amide bonds. The van der Waals surface area contributed by atoms with Crippen LogP contribution in [0.15, 0.2) is 41.3 Å². The summed E-state index contributed by atoms with van der Waals surface area (Å²) >= 11 is 12.6. The summed E-state index contributed by atoms with van der Waals surface area (Å²) in [7, 11) is -1.47. The molecule has 0 spiro atoms. The van der Waals surface area contributed by atoms with Crippen molar-refractivity contribution in [2.45, 2.75) is 30.7 Å². The first-order valence-electron chi connectivity index (χ1n) is 8.58. The first-order chi connectivity index (χ1) is 12.3. The number of sulfonamides is 1. The minimum Gasteiger partial charge on any atom is -0.301 e. The van der Waals surface area contributed by atoms with E-state index >= 15 is 0 Å². The third kappa shape index (κ3) is 4.07. The lowest BCUT2D eigenvalue weighted by Gasteiger charge is -2.33. The van der Waals surface area contributed by atoms with Crippen molar-refractivity contribution in [3.63, 3.8) is 0 Å². The van der Waals surface area contributed by atoms with Gasteiger partial charge in [0.05, 0.1) is 4.90 Å². The second kappa shape index (κ2) is 7.87. The van der Waals surface area contributed by atoms with E-state index in [1.165, 1.54) is 0 Å². The van der Waals surface area contributed by atoms with E-state index in [-0.39, 0.29) is 10.8 Å². The van der Waals surface area contributed by atoms with E-state index < -0.39 is 10.0 Å². The Kier molecular flexibility index (Phi) is 5.94. The Morgan fingerprint density at radius 2 is 2.00 bits per heavy atom. The van der Waals surface area contributed by atoms with Crippen LogP contribution in [0.1, 0.15) is 36.0 Å². The molecule has 2 aromatic rings. The topological polar surface area (TPSA) is 49.4 Å². The number of nitrogens with zero attached hydrogens (tertiary/aromatic N) is 1. The van der Waals surface area contributed by atoms with Gasteiger partial charge in [0, 0.05) is 35.6 Å². The molecule has 0 fully saturated rings. The number of rotatable bonds is 5. The van der Waals surface area contributed by atoms with Gasteiger partial charge in [-0.05, 0) is 54.4 Å². The van der Waals surface area contributed by atoms with Gasteiger partial charge in [0.25, 0.3) is 0 Å². The van der Waals surface area contributed by atoms with Gasteiger partial charge >= 0.3 is 0 Å². The predicted octanol–water partition coefficient (Wildman–Crippen LogP) is 4.26. The summed E-state index contributed by atoms with van der Waals surface area (Å²) in [6.45, 7) is 3.88. The van der Waals surface area contributed by atoms with E-state index in [9.17, 15) is 8.42 Å². The number of nitrogens with one attached hydrogen (secondary N) is 1. The van der Waals surface area contributed by atoms with Crippen molar-refractivity contribution >= 4 is 33.2 Å². The second-order valence-electron chi connectivity index (χ2n) is 6.67. The fourth-order valence-corrected chi connectivity index (χ4v) is 5.11. The summed E-state index contributed by atoms with van der Waals surface area (Å²) in [5.41, 5.74) is 3.05. The highest BCUT2D eigenvalue weighted by molar-refractivity contribution is 7.89. The lowest BCUT2D eigenvalue weighted by Crippen LogP contribution is -2.31. The zero-order valence-corrected chi connectivity index (χ0v) is 17.1. The molecule has 0 aromatic heterocycles. The minimum absolute atomic E-state index is 0.0151. The fourth-order valence-electron chi connectivity index (χ4n) is 3.35. The van der Waals surface area contributed by atoms with E-state index in [0.29, 0.717) is 16.6 Å². The third-order valence-electron chi connectivity index (χ3n) is 4.61. The first kappa shape index (κ1) is 19.6. The Balaban J connectivity index is 2.04. The number of halogens is 2. The van der Waals surface area contributed by atoms with Crippen molar-refractivity contribution in [2.24, 2.45) is 0 Å². The summed E-state index contributed by atoms with van der Waals surface area (Å²) in [6, 6.07) is 10.8. The number of fused-ring (bicyclic) bond motifs is 1. The van der Waals surface area contributed by atoms with E-state index in [4.69, 9.17) is 23.2 Å². The molecule has 0 aliphatic carbocycles. The molecule has 1 heterocycles. The highest BCUT2D eigenvalue weighted by atomic mass is 35.5. The molecule has 1 atom stereocenters. The van der Waals surface area contributed by atoms with E-state index in [0.717, 1.165) is 36.2 Å². The molecule has 0 saturated carbocycles. The minimum atomic E-state index is -3.51. The van der Waals surface area contributed by atoms with Crippen LogP contribution in [0, 0.1) is 0 Å². The normalized spacial score (nSPS) is 17.9. The van der Waals surface area contributed by atoms with Crippen LogP contribution in [0.4, 0.5) is 0 Å². The molecular formula is C19H22Cl2N2O2S. The van der Waals surface area contributed by atoms with Crippen molar-refractivity contribution in [1.29, 1.82) is 0 Å². The van der Waals surface area contributed by atoms with Crippen molar-refractivity contribution < 1.29 is 8.42 Å². The van der Waals surface area contributed by atoms with Crippen molar-refractivity contribution in [3.8, 4) is 0 Å². The molecule has 1 N–H and O–H groups in total. The van der Waals surface area contributed by atoms with Gasteiger partial charge in [-0.2, -0.15) is 0 Å². The predicted molar refractivity (Wildman–Crippen MR) is 107 cm³/mol. The zero-order valence-electron chi connectivity index (χ0n) is 14.8. The van der Waals surface area contributed by atoms with E-state index in [1.54, 1.807) is 24.3 Å². The standard InChI is InChI=1S/C19H22Cl2N2O2S/c1-3-7-22-26(24,25)15-6-4-5-13(8-15)17-11-23(2)12-18-16(17)9-14(20)10-19(18)21/h4-6,8-10,17,22H,3,7,11-12H2,1-2H3/t17-/m0/s1. The van der Waals surface area contributed by atoms with Gasteiger partial charge in [-0.3, -0.25) is 0 Å². The number of hydrogen-bond acceptors (Lipinski definition) is 3. The maximum atomic E-state index is 12.5. The number of benzene rings is 2. The van der Waals surface area contributed by atoms with Gasteiger partial charge in [-0.25, -0.2) is 13.1 Å². The van der Waals surface area contributed by atoms with E-state index in [1.807, 2.05) is 26.1 Å². The highest BCUT2D eigenvalue weighted by Gasteiger charge is 2.28. The van der Waals surface area contributed by atoms with Crippen LogP contribution in [-0.4, -0.2) is 33.5 Å². The van der Waals surface area contributed by atoms with Gasteiger partial charge < -0.3 is 4.90 Å². The molecule has 2 aromatic carbocycles. The zero-order chi connectivity index (χ0) is 18.9. The average Bonchev–Trinajstić information content (AvgIpc) is 2.60. The molecule has 1 aliphatic heterocycles. The molecule has 0 unspecified atom stereocenters. The molecule has 3 rings (SSSR count). The van der Waals surface area contributed by atoms with E-state index in [2.05, 4.69) is 9.62 Å². The summed E-state index contributed by atoms with van der Waals surface area (Å²) in [6.07, 6.45) is 0.747. The molecule has 1 aliphatic rings. The lowest BCUT2D eigenvalue weighted by atomic mass is 9.85. The Bertz CT molecular complexity index is 916. The van der Waals surface area contributed by atoms with Gasteiger partial charge in [-0.1, -0.05) is 42.3 Å². The molecule has 26 heavy (non-hydrogen) atoms. The molecule has 0 radical (unpaired) electrons. The fraction of sp³-hybridized carbons (Fsp3) is 0.368. The van der Waals surface area contributed by atoms with Gasteiger partial charge in [-0.15, -0.1) is 0 Å². The van der Waals surface area contributed by atoms with Crippen molar-refractivity contribution in [1.82, 2.24) is 9.62 Å². The van der Waals surface area contributed by atoms with Gasteiger partial charge in [0.1, 0.15) is 0 Å². The molecule has 7 heteroatoms. The van der Waals surface area contributed by atoms with Crippen molar-refractivity contribution in [2.75, 3.05) is 20.1 Å². The van der Waals surface area contributed by atoms with Crippen LogP contribution in [-0.2, 0) is 16.6 Å². The van der Waals surface area contributed by atoms with Gasteiger partial charge in [0.15, 0.2) is 0 Å². The quantitative estimate of drug-likeness (QED) is 0.797. The SMILES string of the molecule is CCCNS(=O)(=O)c1cccc([C@@H]2CN(C)Cc3c(Cl)cc(Cl)cc32)c1. The summed E-state index contributed by atoms with van der Waals surface area (Å²) < 4.78 is 27.6. The first-order valence-corrected chi connectivity index (χ1v) is 10.8. The average molecular weight is 413 g/mol. The van der Waals surface area contributed by atoms with Gasteiger partial charge in [0.2, 0.25) is 10.0 Å².